The number of hydrogen-bond acceptors (Lipinski definition) is 3. The van der Waals surface area contributed by atoms with Crippen LogP contribution < -0.4 is 10.6 Å². The van der Waals surface area contributed by atoms with Gasteiger partial charge >= 0.3 is 11.8 Å². The Labute approximate surface area is 145 Å². The lowest BCUT2D eigenvalue weighted by molar-refractivity contribution is -0.139. The van der Waals surface area contributed by atoms with Gasteiger partial charge in [0.25, 0.3) is 0 Å². The lowest BCUT2D eigenvalue weighted by Gasteiger charge is -2.13. The topological polar surface area (TPSA) is 78.4 Å². The molecule has 0 saturated carbocycles. The first-order valence-electron chi connectivity index (χ1n) is 8.10. The third-order valence-electron chi connectivity index (χ3n) is 3.70. The number of amides is 2. The predicted molar refractivity (Wildman–Crippen MR) is 92.1 cm³/mol. The molecular weight excluding hydrogens is 323 g/mol. The van der Waals surface area contributed by atoms with E-state index in [-0.39, 0.29) is 12.1 Å². The molecule has 0 fully saturated rings. The Morgan fingerprint density at radius 2 is 1.60 bits per heavy atom. The summed E-state index contributed by atoms with van der Waals surface area (Å²) in [5.74, 6) is -2.18. The van der Waals surface area contributed by atoms with Gasteiger partial charge in [0, 0.05) is 18.7 Å². The third-order valence-corrected chi connectivity index (χ3v) is 3.70. The molecule has 0 heterocycles. The molecule has 0 spiro atoms. The SMILES string of the molecule is O=C(NCCCc1ccccc1)C(=O)NCC(O)c1ccccc1F. The Morgan fingerprint density at radius 3 is 2.32 bits per heavy atom. The van der Waals surface area contributed by atoms with Crippen LogP contribution in [0.1, 0.15) is 23.7 Å². The molecule has 0 radical (unpaired) electrons. The van der Waals surface area contributed by atoms with Crippen LogP contribution in [0, 0.1) is 5.82 Å². The Morgan fingerprint density at radius 1 is 0.960 bits per heavy atom. The summed E-state index contributed by atoms with van der Waals surface area (Å²) in [5, 5.41) is 14.7. The first-order valence-corrected chi connectivity index (χ1v) is 8.10. The molecule has 0 aliphatic carbocycles. The second-order valence-corrected chi connectivity index (χ2v) is 5.59. The van der Waals surface area contributed by atoms with E-state index in [9.17, 15) is 19.1 Å². The molecule has 0 bridgehead atoms. The smallest absolute Gasteiger partial charge is 0.309 e. The van der Waals surface area contributed by atoms with Gasteiger partial charge in [-0.3, -0.25) is 9.59 Å². The van der Waals surface area contributed by atoms with Gasteiger partial charge in [-0.1, -0.05) is 48.5 Å². The normalized spacial score (nSPS) is 11.6. The van der Waals surface area contributed by atoms with Gasteiger partial charge in [-0.15, -0.1) is 0 Å². The molecule has 6 heteroatoms. The summed E-state index contributed by atoms with van der Waals surface area (Å²) in [5.41, 5.74) is 1.24. The maximum absolute atomic E-state index is 13.5. The number of halogens is 1. The maximum atomic E-state index is 13.5. The minimum atomic E-state index is -1.21. The van der Waals surface area contributed by atoms with Gasteiger partial charge in [-0.05, 0) is 24.5 Å². The molecule has 1 atom stereocenters. The summed E-state index contributed by atoms with van der Waals surface area (Å²) in [6.45, 7) is 0.133. The van der Waals surface area contributed by atoms with Gasteiger partial charge in [-0.2, -0.15) is 0 Å². The number of nitrogens with one attached hydrogen (secondary N) is 2. The second kappa shape index (κ2) is 9.54. The first-order chi connectivity index (χ1) is 12.1. The van der Waals surface area contributed by atoms with Crippen LogP contribution in [-0.4, -0.2) is 30.0 Å². The highest BCUT2D eigenvalue weighted by Gasteiger charge is 2.17. The summed E-state index contributed by atoms with van der Waals surface area (Å²) in [6, 6.07) is 15.6. The van der Waals surface area contributed by atoms with Crippen molar-refractivity contribution < 1.29 is 19.1 Å². The van der Waals surface area contributed by atoms with Crippen LogP contribution in [0.4, 0.5) is 4.39 Å². The van der Waals surface area contributed by atoms with Crippen molar-refractivity contribution >= 4 is 11.8 Å². The molecule has 0 aliphatic rings. The number of benzene rings is 2. The monoisotopic (exact) mass is 344 g/mol. The van der Waals surface area contributed by atoms with Crippen LogP contribution in [0.25, 0.3) is 0 Å². The van der Waals surface area contributed by atoms with E-state index >= 15 is 0 Å². The van der Waals surface area contributed by atoms with Crippen LogP contribution >= 0.6 is 0 Å². The summed E-state index contributed by atoms with van der Waals surface area (Å²) >= 11 is 0. The fraction of sp³-hybridized carbons (Fsp3) is 0.263. The van der Waals surface area contributed by atoms with E-state index in [0.29, 0.717) is 13.0 Å². The minimum Gasteiger partial charge on any atom is -0.386 e. The van der Waals surface area contributed by atoms with Gasteiger partial charge in [0.1, 0.15) is 5.82 Å². The van der Waals surface area contributed by atoms with E-state index in [0.717, 1.165) is 12.0 Å². The van der Waals surface area contributed by atoms with E-state index in [1.54, 1.807) is 6.07 Å². The van der Waals surface area contributed by atoms with Crippen LogP contribution in [0.2, 0.25) is 0 Å². The van der Waals surface area contributed by atoms with Crippen molar-refractivity contribution in [2.75, 3.05) is 13.1 Å². The second-order valence-electron chi connectivity index (χ2n) is 5.59. The average Bonchev–Trinajstić information content (AvgIpc) is 2.64. The number of rotatable bonds is 7. The summed E-state index contributed by atoms with van der Waals surface area (Å²) in [7, 11) is 0. The minimum absolute atomic E-state index is 0.0751. The third kappa shape index (κ3) is 6.00. The van der Waals surface area contributed by atoms with Crippen molar-refractivity contribution in [3.8, 4) is 0 Å². The molecule has 3 N–H and O–H groups in total. The van der Waals surface area contributed by atoms with Gasteiger partial charge < -0.3 is 15.7 Å². The molecule has 2 aromatic carbocycles. The number of aryl methyl sites for hydroxylation is 1. The number of aliphatic hydroxyl groups is 1. The molecule has 2 amide bonds. The Hall–Kier alpha value is -2.73. The molecule has 5 nitrogen and oxygen atoms in total. The Bertz CT molecular complexity index is 707. The highest BCUT2D eigenvalue weighted by molar-refractivity contribution is 6.35. The summed E-state index contributed by atoms with van der Waals surface area (Å²) < 4.78 is 13.5. The summed E-state index contributed by atoms with van der Waals surface area (Å²) in [6.07, 6.45) is 0.298. The van der Waals surface area contributed by atoms with E-state index in [1.807, 2.05) is 30.3 Å². The number of carbonyl (C=O) groups is 2. The average molecular weight is 344 g/mol. The zero-order chi connectivity index (χ0) is 18.1. The van der Waals surface area contributed by atoms with Crippen molar-refractivity contribution in [3.05, 3.63) is 71.5 Å². The Kier molecular flexibility index (Phi) is 7.10. The van der Waals surface area contributed by atoms with Crippen LogP contribution in [0.15, 0.2) is 54.6 Å². The van der Waals surface area contributed by atoms with Crippen molar-refractivity contribution in [1.82, 2.24) is 10.6 Å². The van der Waals surface area contributed by atoms with Gasteiger partial charge in [-0.25, -0.2) is 4.39 Å². The zero-order valence-corrected chi connectivity index (χ0v) is 13.7. The molecule has 2 rings (SSSR count). The molecular formula is C19H21FN2O3. The highest BCUT2D eigenvalue weighted by Crippen LogP contribution is 2.15. The van der Waals surface area contributed by atoms with Gasteiger partial charge in [0.15, 0.2) is 0 Å². The highest BCUT2D eigenvalue weighted by atomic mass is 19.1. The van der Waals surface area contributed by atoms with Crippen molar-refractivity contribution in [1.29, 1.82) is 0 Å². The van der Waals surface area contributed by atoms with Crippen LogP contribution in [0.3, 0.4) is 0 Å². The lowest BCUT2D eigenvalue weighted by atomic mass is 10.1. The molecule has 0 aliphatic heterocycles. The largest absolute Gasteiger partial charge is 0.386 e. The maximum Gasteiger partial charge on any atom is 0.309 e. The van der Waals surface area contributed by atoms with E-state index in [4.69, 9.17) is 0 Å². The zero-order valence-electron chi connectivity index (χ0n) is 13.7. The van der Waals surface area contributed by atoms with Gasteiger partial charge in [0.05, 0.1) is 6.10 Å². The standard InChI is InChI=1S/C19H21FN2O3/c20-16-11-5-4-10-15(16)17(23)13-22-19(25)18(24)21-12-6-9-14-7-2-1-3-8-14/h1-5,7-8,10-11,17,23H,6,9,12-13H2,(H,21,24)(H,22,25). The van der Waals surface area contributed by atoms with Crippen molar-refractivity contribution in [2.45, 2.75) is 18.9 Å². The van der Waals surface area contributed by atoms with Gasteiger partial charge in [0.2, 0.25) is 0 Å². The molecule has 2 aromatic rings. The number of hydrogen-bond donors (Lipinski definition) is 3. The number of aliphatic hydroxyl groups excluding tert-OH is 1. The number of carbonyl (C=O) groups excluding carboxylic acids is 2. The van der Waals surface area contributed by atoms with E-state index < -0.39 is 23.7 Å². The van der Waals surface area contributed by atoms with Crippen LogP contribution in [-0.2, 0) is 16.0 Å². The fourth-order valence-corrected chi connectivity index (χ4v) is 2.34. The molecule has 1 unspecified atom stereocenters. The molecule has 0 saturated heterocycles. The lowest BCUT2D eigenvalue weighted by Crippen LogP contribution is -2.41. The quantitative estimate of drug-likeness (QED) is 0.529. The molecule has 132 valence electrons. The molecule has 25 heavy (non-hydrogen) atoms. The van der Waals surface area contributed by atoms with E-state index in [1.165, 1.54) is 18.2 Å². The van der Waals surface area contributed by atoms with Crippen molar-refractivity contribution in [3.63, 3.8) is 0 Å². The van der Waals surface area contributed by atoms with Crippen molar-refractivity contribution in [2.24, 2.45) is 0 Å². The van der Waals surface area contributed by atoms with Crippen LogP contribution in [0.5, 0.6) is 0 Å². The Balaban J connectivity index is 1.68. The summed E-state index contributed by atoms with van der Waals surface area (Å²) in [4.78, 5) is 23.4. The first kappa shape index (κ1) is 18.6. The predicted octanol–water partition coefficient (Wildman–Crippen LogP) is 1.72. The molecule has 0 aromatic heterocycles. The fourth-order valence-electron chi connectivity index (χ4n) is 2.34. The van der Waals surface area contributed by atoms with E-state index in [2.05, 4.69) is 10.6 Å².